The number of carbonyl (C=O) groups is 1. The lowest BCUT2D eigenvalue weighted by Crippen LogP contribution is -1.96. The van der Waals surface area contributed by atoms with E-state index in [9.17, 15) is 9.90 Å². The third-order valence-corrected chi connectivity index (χ3v) is 3.31. The molecule has 0 bridgehead atoms. The Labute approximate surface area is 127 Å². The van der Waals surface area contributed by atoms with E-state index in [4.69, 9.17) is 4.74 Å². The number of benzene rings is 2. The lowest BCUT2D eigenvalue weighted by atomic mass is 10.2. The van der Waals surface area contributed by atoms with Gasteiger partial charge in [0, 0.05) is 17.4 Å². The molecule has 0 amide bonds. The summed E-state index contributed by atoms with van der Waals surface area (Å²) in [4.78, 5) is 15.5. The predicted octanol–water partition coefficient (Wildman–Crippen LogP) is 3.25. The van der Waals surface area contributed by atoms with Gasteiger partial charge in [-0.3, -0.25) is 4.57 Å². The molecule has 0 aliphatic carbocycles. The number of ether oxygens (including phenoxy) is 1. The smallest absolute Gasteiger partial charge is 0.356 e. The molecule has 1 aromatic heterocycles. The zero-order valence-electron chi connectivity index (χ0n) is 11.9. The molecule has 0 unspecified atom stereocenters. The van der Waals surface area contributed by atoms with E-state index >= 15 is 0 Å². The molecule has 2 aromatic carbocycles. The number of nitrogens with zero attached hydrogens (tertiary/aromatic N) is 2. The normalized spacial score (nSPS) is 10.4. The summed E-state index contributed by atoms with van der Waals surface area (Å²) in [6, 6.07) is 16.8. The maximum absolute atomic E-state index is 11.2. The average molecular weight is 294 g/mol. The molecular formula is C17H14N2O3. The number of hydrogen-bond acceptors (Lipinski definition) is 3. The van der Waals surface area contributed by atoms with Crippen LogP contribution in [-0.2, 0) is 0 Å². The van der Waals surface area contributed by atoms with Crippen LogP contribution < -0.4 is 4.74 Å². The first-order valence-electron chi connectivity index (χ1n) is 6.71. The maximum Gasteiger partial charge on any atom is 0.356 e. The summed E-state index contributed by atoms with van der Waals surface area (Å²) in [5, 5.41) is 9.20. The van der Waals surface area contributed by atoms with Gasteiger partial charge in [-0.25, -0.2) is 9.78 Å². The van der Waals surface area contributed by atoms with Crippen molar-refractivity contribution in [2.45, 2.75) is 0 Å². The second-order valence-corrected chi connectivity index (χ2v) is 4.69. The molecule has 0 saturated carbocycles. The van der Waals surface area contributed by atoms with Crippen LogP contribution in [0.25, 0.3) is 17.1 Å². The Hall–Kier alpha value is -3.08. The Morgan fingerprint density at radius 2 is 1.77 bits per heavy atom. The van der Waals surface area contributed by atoms with Crippen molar-refractivity contribution in [3.63, 3.8) is 0 Å². The van der Waals surface area contributed by atoms with Gasteiger partial charge in [0.15, 0.2) is 5.69 Å². The quantitative estimate of drug-likeness (QED) is 0.802. The van der Waals surface area contributed by atoms with Gasteiger partial charge in [0.25, 0.3) is 0 Å². The molecule has 0 atom stereocenters. The molecular weight excluding hydrogens is 280 g/mol. The van der Waals surface area contributed by atoms with Crippen LogP contribution in [-0.4, -0.2) is 27.7 Å². The molecule has 1 heterocycles. The zero-order valence-corrected chi connectivity index (χ0v) is 11.9. The summed E-state index contributed by atoms with van der Waals surface area (Å²) in [7, 11) is 1.60. The monoisotopic (exact) mass is 294 g/mol. The second-order valence-electron chi connectivity index (χ2n) is 4.69. The second kappa shape index (κ2) is 5.73. The number of aromatic carboxylic acids is 1. The highest BCUT2D eigenvalue weighted by molar-refractivity contribution is 5.86. The van der Waals surface area contributed by atoms with Crippen molar-refractivity contribution in [1.29, 1.82) is 0 Å². The molecule has 0 spiro atoms. The van der Waals surface area contributed by atoms with Gasteiger partial charge in [-0.1, -0.05) is 30.3 Å². The van der Waals surface area contributed by atoms with Crippen molar-refractivity contribution in [2.24, 2.45) is 0 Å². The number of aromatic nitrogens is 2. The summed E-state index contributed by atoms with van der Waals surface area (Å²) >= 11 is 0. The van der Waals surface area contributed by atoms with E-state index < -0.39 is 5.97 Å². The summed E-state index contributed by atoms with van der Waals surface area (Å²) in [6.45, 7) is 0. The van der Waals surface area contributed by atoms with Crippen molar-refractivity contribution in [1.82, 2.24) is 9.55 Å². The van der Waals surface area contributed by atoms with Crippen LogP contribution in [0.4, 0.5) is 0 Å². The molecule has 110 valence electrons. The lowest BCUT2D eigenvalue weighted by molar-refractivity contribution is 0.0691. The summed E-state index contributed by atoms with van der Waals surface area (Å²) in [5.41, 5.74) is 1.68. The first kappa shape index (κ1) is 13.9. The minimum absolute atomic E-state index is 0.00895. The number of carboxylic acid groups (broad SMARTS) is 1. The van der Waals surface area contributed by atoms with Gasteiger partial charge in [0.1, 0.15) is 11.6 Å². The third kappa shape index (κ3) is 2.56. The van der Waals surface area contributed by atoms with E-state index in [0.717, 1.165) is 17.0 Å². The molecule has 5 heteroatoms. The van der Waals surface area contributed by atoms with Crippen LogP contribution in [0, 0.1) is 0 Å². The van der Waals surface area contributed by atoms with Gasteiger partial charge < -0.3 is 9.84 Å². The van der Waals surface area contributed by atoms with Crippen molar-refractivity contribution in [3.05, 3.63) is 66.5 Å². The van der Waals surface area contributed by atoms with Gasteiger partial charge in [-0.15, -0.1) is 0 Å². The molecule has 3 rings (SSSR count). The molecule has 0 aliphatic rings. The van der Waals surface area contributed by atoms with Crippen LogP contribution in [0.5, 0.6) is 5.75 Å². The zero-order chi connectivity index (χ0) is 15.5. The lowest BCUT2D eigenvalue weighted by Gasteiger charge is -2.08. The number of methoxy groups -OCH3 is 1. The van der Waals surface area contributed by atoms with Gasteiger partial charge in [0.05, 0.1) is 7.11 Å². The van der Waals surface area contributed by atoms with Crippen molar-refractivity contribution in [2.75, 3.05) is 7.11 Å². The first-order valence-corrected chi connectivity index (χ1v) is 6.71. The fourth-order valence-corrected chi connectivity index (χ4v) is 2.21. The molecule has 3 aromatic rings. The molecule has 22 heavy (non-hydrogen) atoms. The van der Waals surface area contributed by atoms with Crippen LogP contribution in [0.15, 0.2) is 60.8 Å². The minimum Gasteiger partial charge on any atom is -0.497 e. The summed E-state index contributed by atoms with van der Waals surface area (Å²) in [5.74, 6) is 0.274. The van der Waals surface area contributed by atoms with Crippen LogP contribution in [0.1, 0.15) is 10.5 Å². The minimum atomic E-state index is -1.05. The van der Waals surface area contributed by atoms with Crippen molar-refractivity contribution in [3.8, 4) is 22.8 Å². The van der Waals surface area contributed by atoms with Gasteiger partial charge >= 0.3 is 5.97 Å². The fraction of sp³-hybridized carbons (Fsp3) is 0.0588. The topological polar surface area (TPSA) is 64.3 Å². The van der Waals surface area contributed by atoms with E-state index in [1.807, 2.05) is 54.6 Å². The number of carboxylic acids is 1. The average Bonchev–Trinajstić information content (AvgIpc) is 3.01. The third-order valence-electron chi connectivity index (χ3n) is 3.31. The van der Waals surface area contributed by atoms with Crippen LogP contribution >= 0.6 is 0 Å². The number of rotatable bonds is 4. The van der Waals surface area contributed by atoms with E-state index in [1.54, 1.807) is 11.7 Å². The number of hydrogen-bond donors (Lipinski definition) is 1. The molecule has 0 radical (unpaired) electrons. The SMILES string of the molecule is COc1ccc(-n2cc(C(=O)O)nc2-c2ccccc2)cc1. The highest BCUT2D eigenvalue weighted by Gasteiger charge is 2.15. The Bertz CT molecular complexity index is 793. The van der Waals surface area contributed by atoms with Crippen LogP contribution in [0.2, 0.25) is 0 Å². The first-order chi connectivity index (χ1) is 10.7. The van der Waals surface area contributed by atoms with Gasteiger partial charge in [-0.2, -0.15) is 0 Å². The van der Waals surface area contributed by atoms with Gasteiger partial charge in [-0.05, 0) is 24.3 Å². The van der Waals surface area contributed by atoms with Crippen molar-refractivity contribution < 1.29 is 14.6 Å². The Balaban J connectivity index is 2.14. The van der Waals surface area contributed by atoms with E-state index in [0.29, 0.717) is 5.82 Å². The van der Waals surface area contributed by atoms with Crippen molar-refractivity contribution >= 4 is 5.97 Å². The maximum atomic E-state index is 11.2. The van der Waals surface area contributed by atoms with E-state index in [2.05, 4.69) is 4.98 Å². The highest BCUT2D eigenvalue weighted by Crippen LogP contribution is 2.24. The molecule has 0 saturated heterocycles. The molecule has 1 N–H and O–H groups in total. The molecule has 5 nitrogen and oxygen atoms in total. The molecule has 0 aliphatic heterocycles. The Morgan fingerprint density at radius 1 is 1.09 bits per heavy atom. The van der Waals surface area contributed by atoms with Crippen LogP contribution in [0.3, 0.4) is 0 Å². The van der Waals surface area contributed by atoms with Gasteiger partial charge in [0.2, 0.25) is 0 Å². The summed E-state index contributed by atoms with van der Waals surface area (Å²) in [6.07, 6.45) is 1.52. The van der Waals surface area contributed by atoms with E-state index in [1.165, 1.54) is 6.20 Å². The fourth-order valence-electron chi connectivity index (χ4n) is 2.21. The Kier molecular flexibility index (Phi) is 3.62. The largest absolute Gasteiger partial charge is 0.497 e. The predicted molar refractivity (Wildman–Crippen MR) is 82.5 cm³/mol. The highest BCUT2D eigenvalue weighted by atomic mass is 16.5. The Morgan fingerprint density at radius 3 is 2.36 bits per heavy atom. The summed E-state index contributed by atoms with van der Waals surface area (Å²) < 4.78 is 6.91. The molecule has 0 fully saturated rings. The van der Waals surface area contributed by atoms with E-state index in [-0.39, 0.29) is 5.69 Å². The standard InChI is InChI=1S/C17H14N2O3/c1-22-14-9-7-13(8-10-14)19-11-15(17(20)21)18-16(19)12-5-3-2-4-6-12/h2-11H,1H3,(H,20,21). The number of imidazole rings is 1.